The number of aryl methyl sites for hydroxylation is 1. The number of pyridine rings is 1. The summed E-state index contributed by atoms with van der Waals surface area (Å²) in [5, 5.41) is 2.52. The molecule has 0 aliphatic carbocycles. The lowest BCUT2D eigenvalue weighted by Gasteiger charge is -2.16. The first kappa shape index (κ1) is 20.7. The fourth-order valence-electron chi connectivity index (χ4n) is 4.39. The zero-order valence-electron chi connectivity index (χ0n) is 18.0. The fraction of sp³-hybridized carbons (Fsp3) is 0.0690. The summed E-state index contributed by atoms with van der Waals surface area (Å²) in [6.07, 6.45) is 0. The van der Waals surface area contributed by atoms with Crippen molar-refractivity contribution in [3.8, 4) is 33.8 Å². The van der Waals surface area contributed by atoms with E-state index in [0.717, 1.165) is 11.4 Å². The van der Waals surface area contributed by atoms with Gasteiger partial charge in [0, 0.05) is 39.0 Å². The summed E-state index contributed by atoms with van der Waals surface area (Å²) in [4.78, 5) is 0. The lowest BCUT2D eigenvalue weighted by molar-refractivity contribution is -0.588. The molecule has 2 nitrogen and oxygen atoms in total. The van der Waals surface area contributed by atoms with Crippen LogP contribution in [0.15, 0.2) is 103 Å². The van der Waals surface area contributed by atoms with E-state index in [-0.39, 0.29) is 0 Å². The summed E-state index contributed by atoms with van der Waals surface area (Å²) in [5.74, 6) is 0.854. The summed E-state index contributed by atoms with van der Waals surface area (Å²) in [5.41, 5.74) is 7.15. The summed E-state index contributed by atoms with van der Waals surface area (Å²) in [6, 6.07) is 36.4. The Hall–Kier alpha value is -3.18. The highest BCUT2D eigenvalue weighted by Crippen LogP contribution is 2.38. The van der Waals surface area contributed by atoms with Gasteiger partial charge < -0.3 is 4.74 Å². The maximum atomic E-state index is 5.42. The molecule has 0 aliphatic rings. The van der Waals surface area contributed by atoms with Gasteiger partial charge in [-0.15, -0.1) is 0 Å². The Labute approximate surface area is 202 Å². The van der Waals surface area contributed by atoms with Crippen molar-refractivity contribution >= 4 is 33.4 Å². The number of methoxy groups -OCH3 is 1. The van der Waals surface area contributed by atoms with E-state index in [1.54, 1.807) is 7.11 Å². The molecule has 5 rings (SSSR count). The van der Waals surface area contributed by atoms with Crippen LogP contribution in [0, 0.1) is 10.5 Å². The maximum Gasteiger partial charge on any atom is 0.227 e. The Bertz CT molecular complexity index is 1400. The van der Waals surface area contributed by atoms with E-state index in [2.05, 4.69) is 125 Å². The second-order valence-corrected chi connectivity index (χ2v) is 9.01. The SMILES string of the molecule is COc1ccc(-[n+]2c(-c3ccccc3)c(-c3ccccc3)c3cc(I)ccc3c2C)cc1. The average Bonchev–Trinajstić information content (AvgIpc) is 2.85. The smallest absolute Gasteiger partial charge is 0.227 e. The third kappa shape index (κ3) is 3.67. The van der Waals surface area contributed by atoms with Gasteiger partial charge in [-0.05, 0) is 70.6 Å². The average molecular weight is 528 g/mol. The second kappa shape index (κ2) is 8.75. The van der Waals surface area contributed by atoms with E-state index in [4.69, 9.17) is 4.74 Å². The molecule has 0 aliphatic heterocycles. The predicted octanol–water partition coefficient (Wildman–Crippen LogP) is 7.37. The normalized spacial score (nSPS) is 11.0. The van der Waals surface area contributed by atoms with E-state index >= 15 is 0 Å². The summed E-state index contributed by atoms with van der Waals surface area (Å²) >= 11 is 2.41. The second-order valence-electron chi connectivity index (χ2n) is 7.76. The highest BCUT2D eigenvalue weighted by Gasteiger charge is 2.28. The molecule has 0 spiro atoms. The van der Waals surface area contributed by atoms with Crippen molar-refractivity contribution in [1.82, 2.24) is 0 Å². The molecule has 1 heterocycles. The predicted molar refractivity (Wildman–Crippen MR) is 140 cm³/mol. The minimum atomic E-state index is 0.854. The Morgan fingerprint density at radius 3 is 1.94 bits per heavy atom. The third-order valence-electron chi connectivity index (χ3n) is 5.88. The number of halogens is 1. The maximum absolute atomic E-state index is 5.42. The highest BCUT2D eigenvalue weighted by atomic mass is 127. The van der Waals surface area contributed by atoms with Crippen molar-refractivity contribution in [2.24, 2.45) is 0 Å². The quantitative estimate of drug-likeness (QED) is 0.175. The molecule has 0 amide bonds. The van der Waals surface area contributed by atoms with Gasteiger partial charge in [-0.25, -0.2) is 0 Å². The molecule has 5 aromatic rings. The topological polar surface area (TPSA) is 13.1 Å². The van der Waals surface area contributed by atoms with Crippen LogP contribution >= 0.6 is 22.6 Å². The summed E-state index contributed by atoms with van der Waals surface area (Å²) < 4.78 is 9.03. The first-order valence-electron chi connectivity index (χ1n) is 10.6. The van der Waals surface area contributed by atoms with Crippen LogP contribution in [0.5, 0.6) is 5.75 Å². The third-order valence-corrected chi connectivity index (χ3v) is 6.55. The molecule has 4 aromatic carbocycles. The minimum absolute atomic E-state index is 0.854. The van der Waals surface area contributed by atoms with Gasteiger partial charge >= 0.3 is 0 Å². The first-order valence-corrected chi connectivity index (χ1v) is 11.7. The Balaban J connectivity index is 1.98. The fourth-order valence-corrected chi connectivity index (χ4v) is 4.88. The molecule has 0 atom stereocenters. The largest absolute Gasteiger partial charge is 0.497 e. The Morgan fingerprint density at radius 2 is 1.31 bits per heavy atom. The molecule has 3 heteroatoms. The van der Waals surface area contributed by atoms with E-state index in [9.17, 15) is 0 Å². The molecule has 1 aromatic heterocycles. The van der Waals surface area contributed by atoms with Crippen LogP contribution in [-0.2, 0) is 0 Å². The number of hydrogen-bond donors (Lipinski definition) is 0. The molecule has 0 bridgehead atoms. The van der Waals surface area contributed by atoms with Gasteiger partial charge in [0.2, 0.25) is 11.4 Å². The monoisotopic (exact) mass is 528 g/mol. The van der Waals surface area contributed by atoms with Gasteiger partial charge in [0.15, 0.2) is 5.69 Å². The molecular weight excluding hydrogens is 505 g/mol. The highest BCUT2D eigenvalue weighted by molar-refractivity contribution is 14.1. The zero-order valence-corrected chi connectivity index (χ0v) is 20.2. The van der Waals surface area contributed by atoms with Gasteiger partial charge in [0.05, 0.1) is 12.7 Å². The van der Waals surface area contributed by atoms with Gasteiger partial charge in [-0.1, -0.05) is 48.5 Å². The number of ether oxygens (including phenoxy) is 1. The van der Waals surface area contributed by atoms with Gasteiger partial charge in [-0.2, -0.15) is 4.57 Å². The zero-order chi connectivity index (χ0) is 22.1. The van der Waals surface area contributed by atoms with Gasteiger partial charge in [-0.3, -0.25) is 0 Å². The van der Waals surface area contributed by atoms with Gasteiger partial charge in [0.1, 0.15) is 5.75 Å². The lowest BCUT2D eigenvalue weighted by atomic mass is 9.92. The number of aromatic nitrogens is 1. The standard InChI is InChI=1S/C29H23INO/c1-20-26-18-13-23(30)19-27(26)28(21-9-5-3-6-10-21)29(22-11-7-4-8-12-22)31(20)24-14-16-25(32-2)17-15-24/h3-19H,1-2H3/q+1. The van der Waals surface area contributed by atoms with E-state index < -0.39 is 0 Å². The number of benzene rings is 4. The molecule has 0 fully saturated rings. The van der Waals surface area contributed by atoms with Crippen molar-refractivity contribution < 1.29 is 9.30 Å². The summed E-state index contributed by atoms with van der Waals surface area (Å²) in [7, 11) is 1.70. The lowest BCUT2D eigenvalue weighted by Crippen LogP contribution is -2.38. The van der Waals surface area contributed by atoms with Crippen molar-refractivity contribution in [1.29, 1.82) is 0 Å². The molecule has 156 valence electrons. The number of nitrogens with zero attached hydrogens (tertiary/aromatic N) is 1. The van der Waals surface area contributed by atoms with Gasteiger partial charge in [0.25, 0.3) is 0 Å². The summed E-state index contributed by atoms with van der Waals surface area (Å²) in [6.45, 7) is 2.21. The Morgan fingerprint density at radius 1 is 0.688 bits per heavy atom. The van der Waals surface area contributed by atoms with Crippen LogP contribution in [-0.4, -0.2) is 7.11 Å². The molecule has 0 radical (unpaired) electrons. The van der Waals surface area contributed by atoms with E-state index in [1.165, 1.54) is 42.4 Å². The molecule has 32 heavy (non-hydrogen) atoms. The van der Waals surface area contributed by atoms with Crippen LogP contribution in [0.4, 0.5) is 0 Å². The van der Waals surface area contributed by atoms with Crippen molar-refractivity contribution in [2.75, 3.05) is 7.11 Å². The first-order chi connectivity index (χ1) is 15.7. The van der Waals surface area contributed by atoms with Crippen molar-refractivity contribution in [2.45, 2.75) is 6.92 Å². The number of rotatable bonds is 4. The molecule has 0 saturated carbocycles. The number of fused-ring (bicyclic) bond motifs is 1. The van der Waals surface area contributed by atoms with E-state index in [1.807, 2.05) is 12.1 Å². The van der Waals surface area contributed by atoms with Crippen LogP contribution in [0.1, 0.15) is 5.69 Å². The molecule has 0 unspecified atom stereocenters. The van der Waals surface area contributed by atoms with Crippen molar-refractivity contribution in [3.63, 3.8) is 0 Å². The molecular formula is C29H23INO+. The van der Waals surface area contributed by atoms with Crippen LogP contribution in [0.2, 0.25) is 0 Å². The van der Waals surface area contributed by atoms with Crippen LogP contribution < -0.4 is 9.30 Å². The number of hydrogen-bond acceptors (Lipinski definition) is 1. The van der Waals surface area contributed by atoms with Crippen LogP contribution in [0.25, 0.3) is 38.8 Å². The van der Waals surface area contributed by atoms with E-state index in [0.29, 0.717) is 0 Å². The molecule has 0 N–H and O–H groups in total. The minimum Gasteiger partial charge on any atom is -0.497 e. The van der Waals surface area contributed by atoms with Crippen molar-refractivity contribution in [3.05, 3.63) is 112 Å². The Kier molecular flexibility index (Phi) is 5.66. The van der Waals surface area contributed by atoms with Crippen LogP contribution in [0.3, 0.4) is 0 Å². The molecule has 0 saturated heterocycles.